The molecule has 0 bridgehead atoms. The van der Waals surface area contributed by atoms with Gasteiger partial charge in [-0.25, -0.2) is 4.98 Å². The smallest absolute Gasteiger partial charge is 0.140 e. The van der Waals surface area contributed by atoms with Crippen LogP contribution in [0.1, 0.15) is 25.6 Å². The summed E-state index contributed by atoms with van der Waals surface area (Å²) in [5, 5.41) is 0. The van der Waals surface area contributed by atoms with Crippen molar-refractivity contribution in [3.8, 4) is 11.4 Å². The van der Waals surface area contributed by atoms with E-state index in [4.69, 9.17) is 5.73 Å². The first-order valence-corrected chi connectivity index (χ1v) is 5.60. The summed E-state index contributed by atoms with van der Waals surface area (Å²) in [6.45, 7) is 4.99. The lowest BCUT2D eigenvalue weighted by Gasteiger charge is -2.11. The van der Waals surface area contributed by atoms with Crippen LogP contribution in [0.2, 0.25) is 0 Å². The molecule has 3 nitrogen and oxygen atoms in total. The van der Waals surface area contributed by atoms with Gasteiger partial charge in [-0.2, -0.15) is 0 Å². The highest BCUT2D eigenvalue weighted by molar-refractivity contribution is 5.56. The van der Waals surface area contributed by atoms with E-state index in [0.29, 0.717) is 0 Å². The van der Waals surface area contributed by atoms with E-state index in [1.54, 1.807) is 0 Å². The first-order valence-electron chi connectivity index (χ1n) is 5.60. The molecule has 2 rings (SSSR count). The standard InChI is InChI=1S/C13H17N3/c1-3-16-12(10(2)14)9-15-13(16)11-7-5-4-6-8-11/h4-10H,3,14H2,1-2H3. The minimum Gasteiger partial charge on any atom is -0.327 e. The van der Waals surface area contributed by atoms with Crippen LogP contribution in [0.4, 0.5) is 0 Å². The third-order valence-electron chi connectivity index (χ3n) is 2.70. The number of hydrogen-bond donors (Lipinski definition) is 1. The fraction of sp³-hybridized carbons (Fsp3) is 0.308. The van der Waals surface area contributed by atoms with Gasteiger partial charge in [-0.05, 0) is 13.8 Å². The second kappa shape index (κ2) is 4.49. The summed E-state index contributed by atoms with van der Waals surface area (Å²) in [5.74, 6) is 0.996. The molecule has 1 atom stereocenters. The zero-order chi connectivity index (χ0) is 11.5. The number of rotatable bonds is 3. The van der Waals surface area contributed by atoms with Crippen LogP contribution in [0, 0.1) is 0 Å². The van der Waals surface area contributed by atoms with Gasteiger partial charge in [0.25, 0.3) is 0 Å². The van der Waals surface area contributed by atoms with Crippen molar-refractivity contribution in [3.63, 3.8) is 0 Å². The quantitative estimate of drug-likeness (QED) is 0.855. The molecule has 0 aliphatic heterocycles. The van der Waals surface area contributed by atoms with Gasteiger partial charge < -0.3 is 10.3 Å². The molecule has 1 aromatic heterocycles. The lowest BCUT2D eigenvalue weighted by Crippen LogP contribution is -2.12. The molecule has 1 unspecified atom stereocenters. The van der Waals surface area contributed by atoms with Gasteiger partial charge in [0.1, 0.15) is 5.82 Å². The van der Waals surface area contributed by atoms with E-state index in [2.05, 4.69) is 28.6 Å². The fourth-order valence-electron chi connectivity index (χ4n) is 1.90. The predicted octanol–water partition coefficient (Wildman–Crippen LogP) is 2.59. The molecule has 84 valence electrons. The van der Waals surface area contributed by atoms with Crippen LogP contribution < -0.4 is 5.73 Å². The van der Waals surface area contributed by atoms with Crippen molar-refractivity contribution in [1.29, 1.82) is 0 Å². The van der Waals surface area contributed by atoms with Crippen molar-refractivity contribution < 1.29 is 0 Å². The fourth-order valence-corrected chi connectivity index (χ4v) is 1.90. The average molecular weight is 215 g/mol. The molecule has 3 heteroatoms. The number of hydrogen-bond acceptors (Lipinski definition) is 2. The van der Waals surface area contributed by atoms with Crippen LogP contribution in [0.15, 0.2) is 36.5 Å². The third-order valence-corrected chi connectivity index (χ3v) is 2.70. The predicted molar refractivity (Wildman–Crippen MR) is 65.9 cm³/mol. The maximum atomic E-state index is 5.92. The molecule has 0 radical (unpaired) electrons. The van der Waals surface area contributed by atoms with Crippen molar-refractivity contribution in [3.05, 3.63) is 42.2 Å². The molecule has 0 aliphatic carbocycles. The number of benzene rings is 1. The van der Waals surface area contributed by atoms with Crippen LogP contribution >= 0.6 is 0 Å². The van der Waals surface area contributed by atoms with E-state index < -0.39 is 0 Å². The second-order valence-corrected chi connectivity index (χ2v) is 3.91. The molecule has 0 saturated heterocycles. The summed E-state index contributed by atoms with van der Waals surface area (Å²) >= 11 is 0. The molecule has 0 saturated carbocycles. The van der Waals surface area contributed by atoms with Crippen molar-refractivity contribution in [2.75, 3.05) is 0 Å². The Balaban J connectivity index is 2.50. The molecule has 16 heavy (non-hydrogen) atoms. The highest BCUT2D eigenvalue weighted by atomic mass is 15.1. The lowest BCUT2D eigenvalue weighted by molar-refractivity contribution is 0.662. The summed E-state index contributed by atoms with van der Waals surface area (Å²) in [5.41, 5.74) is 8.14. The number of imidazole rings is 1. The van der Waals surface area contributed by atoms with Gasteiger partial charge in [0.05, 0.1) is 11.9 Å². The summed E-state index contributed by atoms with van der Waals surface area (Å²) in [6, 6.07) is 10.2. The molecular weight excluding hydrogens is 198 g/mol. The first kappa shape index (κ1) is 10.9. The first-order chi connectivity index (χ1) is 7.74. The Labute approximate surface area is 95.9 Å². The van der Waals surface area contributed by atoms with Gasteiger partial charge in [-0.3, -0.25) is 0 Å². The summed E-state index contributed by atoms with van der Waals surface area (Å²) in [6.07, 6.45) is 1.87. The number of aromatic nitrogens is 2. The van der Waals surface area contributed by atoms with E-state index in [-0.39, 0.29) is 6.04 Å². The Morgan fingerprint density at radius 1 is 1.31 bits per heavy atom. The minimum absolute atomic E-state index is 0.0184. The van der Waals surface area contributed by atoms with Crippen LogP contribution in [-0.4, -0.2) is 9.55 Å². The topological polar surface area (TPSA) is 43.8 Å². The van der Waals surface area contributed by atoms with Gasteiger partial charge in [0, 0.05) is 18.2 Å². The Morgan fingerprint density at radius 2 is 2.00 bits per heavy atom. The third kappa shape index (κ3) is 1.86. The molecule has 0 aliphatic rings. The zero-order valence-electron chi connectivity index (χ0n) is 9.72. The summed E-state index contributed by atoms with van der Waals surface area (Å²) in [4.78, 5) is 4.46. The van der Waals surface area contributed by atoms with Crippen LogP contribution in [0.25, 0.3) is 11.4 Å². The summed E-state index contributed by atoms with van der Waals surface area (Å²) in [7, 11) is 0. The van der Waals surface area contributed by atoms with Gasteiger partial charge in [0.15, 0.2) is 0 Å². The van der Waals surface area contributed by atoms with Crippen LogP contribution in [0.3, 0.4) is 0 Å². The Kier molecular flexibility index (Phi) is 3.06. The average Bonchev–Trinajstić information content (AvgIpc) is 2.73. The minimum atomic E-state index is 0.0184. The molecular formula is C13H17N3. The maximum absolute atomic E-state index is 5.92. The normalized spacial score (nSPS) is 12.7. The van der Waals surface area contributed by atoms with Gasteiger partial charge >= 0.3 is 0 Å². The SMILES string of the molecule is CCn1c(C(C)N)cnc1-c1ccccc1. The lowest BCUT2D eigenvalue weighted by atomic mass is 10.2. The largest absolute Gasteiger partial charge is 0.327 e. The Hall–Kier alpha value is -1.61. The Bertz CT molecular complexity index is 457. The van der Waals surface area contributed by atoms with E-state index in [1.807, 2.05) is 31.3 Å². The highest BCUT2D eigenvalue weighted by Crippen LogP contribution is 2.21. The Morgan fingerprint density at radius 3 is 2.56 bits per heavy atom. The van der Waals surface area contributed by atoms with E-state index >= 15 is 0 Å². The highest BCUT2D eigenvalue weighted by Gasteiger charge is 2.12. The van der Waals surface area contributed by atoms with Gasteiger partial charge in [-0.1, -0.05) is 30.3 Å². The van der Waals surface area contributed by atoms with E-state index in [9.17, 15) is 0 Å². The van der Waals surface area contributed by atoms with Crippen molar-refractivity contribution >= 4 is 0 Å². The van der Waals surface area contributed by atoms with Crippen LogP contribution in [-0.2, 0) is 6.54 Å². The van der Waals surface area contributed by atoms with Crippen molar-refractivity contribution in [1.82, 2.24) is 9.55 Å². The molecule has 1 heterocycles. The number of nitrogens with two attached hydrogens (primary N) is 1. The molecule has 2 aromatic rings. The maximum Gasteiger partial charge on any atom is 0.140 e. The van der Waals surface area contributed by atoms with E-state index in [1.165, 1.54) is 0 Å². The van der Waals surface area contributed by atoms with Gasteiger partial charge in [0.2, 0.25) is 0 Å². The zero-order valence-corrected chi connectivity index (χ0v) is 9.72. The molecule has 1 aromatic carbocycles. The van der Waals surface area contributed by atoms with Crippen LogP contribution in [0.5, 0.6) is 0 Å². The molecule has 0 spiro atoms. The monoisotopic (exact) mass is 215 g/mol. The van der Waals surface area contributed by atoms with Gasteiger partial charge in [-0.15, -0.1) is 0 Å². The summed E-state index contributed by atoms with van der Waals surface area (Å²) < 4.78 is 2.17. The number of nitrogens with zero attached hydrogens (tertiary/aromatic N) is 2. The van der Waals surface area contributed by atoms with Crippen molar-refractivity contribution in [2.24, 2.45) is 5.73 Å². The van der Waals surface area contributed by atoms with Crippen molar-refractivity contribution in [2.45, 2.75) is 26.4 Å². The molecule has 2 N–H and O–H groups in total. The molecule has 0 amide bonds. The molecule has 0 fully saturated rings. The van der Waals surface area contributed by atoms with E-state index in [0.717, 1.165) is 23.6 Å². The second-order valence-electron chi connectivity index (χ2n) is 3.91.